The molecule has 180 valence electrons. The zero-order valence-electron chi connectivity index (χ0n) is 19.2. The number of halogens is 3. The van der Waals surface area contributed by atoms with Crippen LogP contribution in [0.5, 0.6) is 5.75 Å². The molecule has 10 heteroatoms. The Morgan fingerprint density at radius 2 is 1.97 bits per heavy atom. The molecule has 0 aromatic heterocycles. The lowest BCUT2D eigenvalue weighted by Gasteiger charge is -2.45. The first kappa shape index (κ1) is 24.9. The second-order valence-electron chi connectivity index (χ2n) is 8.21. The average molecular weight is 467 g/mol. The molecule has 0 aliphatic carbocycles. The van der Waals surface area contributed by atoms with Crippen molar-refractivity contribution in [2.75, 3.05) is 20.3 Å². The third-order valence-electron chi connectivity index (χ3n) is 6.34. The Kier molecular flexibility index (Phi) is 7.01. The van der Waals surface area contributed by atoms with E-state index < -0.39 is 34.1 Å². The molecule has 2 aromatic carbocycles. The van der Waals surface area contributed by atoms with Gasteiger partial charge in [-0.2, -0.15) is 13.2 Å². The molecule has 1 fully saturated rings. The Hall–Kier alpha value is -2.69. The predicted molar refractivity (Wildman–Crippen MR) is 117 cm³/mol. The first-order valence-electron chi connectivity index (χ1n) is 10.6. The third kappa shape index (κ3) is 4.68. The molecular weight excluding hydrogens is 439 g/mol. The molecule has 1 aliphatic heterocycles. The summed E-state index contributed by atoms with van der Waals surface area (Å²) in [6, 6.07) is 6.02. The first-order chi connectivity index (χ1) is 15.4. The van der Waals surface area contributed by atoms with E-state index in [9.17, 15) is 23.3 Å². The summed E-state index contributed by atoms with van der Waals surface area (Å²) in [5.41, 5.74) is -0.0342. The molecule has 0 saturated carbocycles. The molecule has 1 heterocycles. The van der Waals surface area contributed by atoms with Crippen LogP contribution >= 0.6 is 0 Å². The van der Waals surface area contributed by atoms with Crippen LogP contribution in [0.15, 0.2) is 30.3 Å². The van der Waals surface area contributed by atoms with Crippen LogP contribution < -0.4 is 15.4 Å². The van der Waals surface area contributed by atoms with Crippen molar-refractivity contribution in [2.45, 2.75) is 51.7 Å². The summed E-state index contributed by atoms with van der Waals surface area (Å²) < 4.78 is 51.0. The highest BCUT2D eigenvalue weighted by atomic mass is 19.4. The van der Waals surface area contributed by atoms with E-state index in [2.05, 4.69) is 10.6 Å². The summed E-state index contributed by atoms with van der Waals surface area (Å²) in [6.45, 7) is 8.25. The van der Waals surface area contributed by atoms with Crippen LogP contribution in [0.3, 0.4) is 0 Å². The Balaban J connectivity index is 2.12. The third-order valence-corrected chi connectivity index (χ3v) is 6.34. The molecule has 2 aromatic rings. The molecule has 0 bridgehead atoms. The molecule has 1 aliphatic rings. The zero-order chi connectivity index (χ0) is 24.6. The van der Waals surface area contributed by atoms with E-state index in [1.54, 1.807) is 14.0 Å². The summed E-state index contributed by atoms with van der Waals surface area (Å²) >= 11 is 0. The number of benzene rings is 2. The maximum Gasteiger partial charge on any atom is 0.416 e. The van der Waals surface area contributed by atoms with Gasteiger partial charge in [0.2, 0.25) is 0 Å². The van der Waals surface area contributed by atoms with E-state index in [0.29, 0.717) is 19.2 Å². The number of ether oxygens (including phenoxy) is 2. The van der Waals surface area contributed by atoms with Crippen LogP contribution in [-0.2, 0) is 16.6 Å². The van der Waals surface area contributed by atoms with E-state index in [4.69, 9.17) is 9.47 Å². The summed E-state index contributed by atoms with van der Waals surface area (Å²) in [5, 5.41) is 18.5. The number of nitrogens with zero attached hydrogens (tertiary/aromatic N) is 1. The second-order valence-corrected chi connectivity index (χ2v) is 8.21. The lowest BCUT2D eigenvalue weighted by atomic mass is 9.88. The highest BCUT2D eigenvalue weighted by Gasteiger charge is 2.47. The van der Waals surface area contributed by atoms with Crippen LogP contribution in [0, 0.1) is 24.0 Å². The highest BCUT2D eigenvalue weighted by molar-refractivity contribution is 5.50. The van der Waals surface area contributed by atoms with Gasteiger partial charge < -0.3 is 9.47 Å². The predicted octanol–water partition coefficient (Wildman–Crippen LogP) is 4.75. The van der Waals surface area contributed by atoms with Gasteiger partial charge in [-0.1, -0.05) is 6.07 Å². The fourth-order valence-corrected chi connectivity index (χ4v) is 4.43. The number of hydrogen-bond acceptors (Lipinski definition) is 6. The lowest BCUT2D eigenvalue weighted by Crippen LogP contribution is -2.65. The second kappa shape index (κ2) is 9.28. The highest BCUT2D eigenvalue weighted by Crippen LogP contribution is 2.40. The van der Waals surface area contributed by atoms with Gasteiger partial charge in [0.05, 0.1) is 35.9 Å². The monoisotopic (exact) mass is 467 g/mol. The number of nitro benzene ring substituents is 1. The maximum absolute atomic E-state index is 13.3. The van der Waals surface area contributed by atoms with E-state index >= 15 is 0 Å². The minimum absolute atomic E-state index is 0.0856. The summed E-state index contributed by atoms with van der Waals surface area (Å²) in [5.74, 6) is 0.740. The largest absolute Gasteiger partial charge is 0.496 e. The zero-order valence-corrected chi connectivity index (χ0v) is 19.2. The minimum Gasteiger partial charge on any atom is -0.496 e. The molecular formula is C23H28F3N3O4. The number of alkyl halides is 3. The van der Waals surface area contributed by atoms with Crippen molar-refractivity contribution in [1.29, 1.82) is 0 Å². The van der Waals surface area contributed by atoms with Gasteiger partial charge in [-0.3, -0.25) is 20.7 Å². The molecule has 2 N–H and O–H groups in total. The van der Waals surface area contributed by atoms with Crippen LogP contribution in [0.2, 0.25) is 0 Å². The van der Waals surface area contributed by atoms with Crippen molar-refractivity contribution in [3.63, 3.8) is 0 Å². The standard InChI is InChI=1S/C23H28F3N3O4/c1-13-14(2)21(32-5)9-7-18(13)15(3)28-22(16(4)33-11-10-27-22)19-8-6-17(23(24,25)26)12-20(19)29(30)31/h6-9,12,15-16,27-28H,10-11H2,1-5H3. The summed E-state index contributed by atoms with van der Waals surface area (Å²) in [7, 11) is 1.59. The van der Waals surface area contributed by atoms with Crippen LogP contribution in [0.1, 0.15) is 47.7 Å². The minimum atomic E-state index is -4.70. The van der Waals surface area contributed by atoms with E-state index in [1.165, 1.54) is 0 Å². The molecule has 3 rings (SSSR count). The molecule has 0 amide bonds. The number of hydrogen-bond donors (Lipinski definition) is 2. The molecule has 33 heavy (non-hydrogen) atoms. The van der Waals surface area contributed by atoms with E-state index in [-0.39, 0.29) is 11.6 Å². The van der Waals surface area contributed by atoms with E-state index in [0.717, 1.165) is 34.6 Å². The summed E-state index contributed by atoms with van der Waals surface area (Å²) in [6.07, 6.45) is -5.31. The average Bonchev–Trinajstić information content (AvgIpc) is 2.76. The summed E-state index contributed by atoms with van der Waals surface area (Å²) in [4.78, 5) is 11.1. The van der Waals surface area contributed by atoms with Gasteiger partial charge in [-0.05, 0) is 62.6 Å². The van der Waals surface area contributed by atoms with Gasteiger partial charge in [0, 0.05) is 18.7 Å². The van der Waals surface area contributed by atoms with Gasteiger partial charge in [0.15, 0.2) is 0 Å². The number of morpholine rings is 1. The van der Waals surface area contributed by atoms with Gasteiger partial charge in [0.1, 0.15) is 11.4 Å². The number of nitro groups is 1. The van der Waals surface area contributed by atoms with Crippen molar-refractivity contribution < 1.29 is 27.6 Å². The fourth-order valence-electron chi connectivity index (χ4n) is 4.43. The van der Waals surface area contributed by atoms with Crippen molar-refractivity contribution in [1.82, 2.24) is 10.6 Å². The molecule has 3 unspecified atom stereocenters. The van der Waals surface area contributed by atoms with E-state index in [1.807, 2.05) is 32.9 Å². The molecule has 0 spiro atoms. The first-order valence-corrected chi connectivity index (χ1v) is 10.6. The van der Waals surface area contributed by atoms with Gasteiger partial charge in [0.25, 0.3) is 5.69 Å². The maximum atomic E-state index is 13.3. The van der Waals surface area contributed by atoms with Crippen LogP contribution in [-0.4, -0.2) is 31.3 Å². The molecule has 7 nitrogen and oxygen atoms in total. The topological polar surface area (TPSA) is 85.7 Å². The number of rotatable bonds is 6. The van der Waals surface area contributed by atoms with Crippen molar-refractivity contribution >= 4 is 5.69 Å². The Morgan fingerprint density at radius 3 is 2.55 bits per heavy atom. The van der Waals surface area contributed by atoms with Crippen LogP contribution in [0.25, 0.3) is 0 Å². The molecule has 0 radical (unpaired) electrons. The number of methoxy groups -OCH3 is 1. The van der Waals surface area contributed by atoms with Gasteiger partial charge in [-0.25, -0.2) is 0 Å². The van der Waals surface area contributed by atoms with Gasteiger partial charge >= 0.3 is 6.18 Å². The van der Waals surface area contributed by atoms with Crippen molar-refractivity contribution in [3.8, 4) is 5.75 Å². The number of nitrogens with one attached hydrogen (secondary N) is 2. The van der Waals surface area contributed by atoms with Crippen molar-refractivity contribution in [2.24, 2.45) is 0 Å². The normalized spacial score (nSPS) is 22.1. The molecule has 1 saturated heterocycles. The van der Waals surface area contributed by atoms with Crippen LogP contribution in [0.4, 0.5) is 18.9 Å². The lowest BCUT2D eigenvalue weighted by molar-refractivity contribution is -0.386. The molecule has 3 atom stereocenters. The fraction of sp³-hybridized carbons (Fsp3) is 0.478. The Bertz CT molecular complexity index is 1040. The van der Waals surface area contributed by atoms with Crippen molar-refractivity contribution in [3.05, 3.63) is 68.3 Å². The Labute approximate surface area is 190 Å². The Morgan fingerprint density at radius 1 is 1.27 bits per heavy atom. The SMILES string of the molecule is COc1ccc(C(C)NC2(c3ccc(C(F)(F)F)cc3[N+](=O)[O-])NCCOC2C)c(C)c1C. The van der Waals surface area contributed by atoms with Gasteiger partial charge in [-0.15, -0.1) is 0 Å². The smallest absolute Gasteiger partial charge is 0.416 e. The quantitative estimate of drug-likeness (QED) is 0.471.